The molecule has 6 aromatic rings. The van der Waals surface area contributed by atoms with Gasteiger partial charge in [0.15, 0.2) is 0 Å². The Morgan fingerprint density at radius 2 is 1.42 bits per heavy atom. The van der Waals surface area contributed by atoms with Crippen LogP contribution in [0, 0.1) is 6.07 Å². The van der Waals surface area contributed by atoms with Gasteiger partial charge in [-0.25, -0.2) is 0 Å². The summed E-state index contributed by atoms with van der Waals surface area (Å²) in [7, 11) is 0. The molecule has 33 heavy (non-hydrogen) atoms. The number of hydrogen-bond acceptors (Lipinski definition) is 3. The van der Waals surface area contributed by atoms with E-state index in [1.54, 1.807) is 11.3 Å². The van der Waals surface area contributed by atoms with Gasteiger partial charge in [-0.1, -0.05) is 78.9 Å². The van der Waals surface area contributed by atoms with Crippen LogP contribution in [0.5, 0.6) is 0 Å². The van der Waals surface area contributed by atoms with E-state index in [4.69, 9.17) is 4.98 Å². The van der Waals surface area contributed by atoms with Crippen molar-refractivity contribution in [2.45, 2.75) is 0 Å². The van der Waals surface area contributed by atoms with Gasteiger partial charge >= 0.3 is 0 Å². The third kappa shape index (κ3) is 3.96. The van der Waals surface area contributed by atoms with Crippen molar-refractivity contribution in [1.82, 2.24) is 14.5 Å². The number of rotatable bonds is 4. The van der Waals surface area contributed by atoms with Gasteiger partial charge in [0.05, 0.1) is 17.0 Å². The Labute approximate surface area is 209 Å². The first kappa shape index (κ1) is 21.5. The van der Waals surface area contributed by atoms with Crippen LogP contribution >= 0.6 is 11.3 Å². The van der Waals surface area contributed by atoms with E-state index in [2.05, 4.69) is 88.4 Å². The Morgan fingerprint density at radius 3 is 2.09 bits per heavy atom. The summed E-state index contributed by atoms with van der Waals surface area (Å²) in [6, 6.07) is 35.0. The fraction of sp³-hybridized carbons (Fsp3) is 0. The second kappa shape index (κ2) is 9.24. The first-order valence-electron chi connectivity index (χ1n) is 10.4. The zero-order valence-electron chi connectivity index (χ0n) is 17.5. The average molecular weight is 621 g/mol. The maximum atomic E-state index is 4.73. The Morgan fingerprint density at radius 1 is 0.758 bits per heavy atom. The van der Waals surface area contributed by atoms with Gasteiger partial charge in [-0.05, 0) is 21.3 Å². The topological polar surface area (TPSA) is 30.7 Å². The van der Waals surface area contributed by atoms with Crippen molar-refractivity contribution < 1.29 is 20.1 Å². The van der Waals surface area contributed by atoms with Gasteiger partial charge in [-0.3, -0.25) is 9.97 Å². The Bertz CT molecular complexity index is 1460. The maximum Gasteiger partial charge on any atom is 0.0692 e. The molecule has 0 N–H and O–H groups in total. The number of benzene rings is 4. The molecule has 0 fully saturated rings. The van der Waals surface area contributed by atoms with Gasteiger partial charge in [0.2, 0.25) is 0 Å². The molecular formula is C28H18IrN3S-. The molecule has 0 amide bonds. The molecule has 0 aliphatic rings. The molecule has 0 bridgehead atoms. The molecule has 6 rings (SSSR count). The minimum Gasteiger partial charge on any atom is -0.339 e. The third-order valence-electron chi connectivity index (χ3n) is 5.59. The van der Waals surface area contributed by atoms with Crippen molar-refractivity contribution in [1.29, 1.82) is 0 Å². The zero-order valence-corrected chi connectivity index (χ0v) is 20.7. The van der Waals surface area contributed by atoms with Crippen molar-refractivity contribution in [2.75, 3.05) is 0 Å². The normalized spacial score (nSPS) is 10.8. The van der Waals surface area contributed by atoms with Crippen LogP contribution in [0.25, 0.3) is 49.5 Å². The minimum atomic E-state index is 0. The molecule has 2 heterocycles. The molecule has 0 aliphatic carbocycles. The van der Waals surface area contributed by atoms with Crippen LogP contribution in [0.3, 0.4) is 0 Å². The van der Waals surface area contributed by atoms with Crippen molar-refractivity contribution >= 4 is 21.6 Å². The van der Waals surface area contributed by atoms with Crippen LogP contribution < -0.4 is 0 Å². The fourth-order valence-corrected chi connectivity index (χ4v) is 4.76. The van der Waals surface area contributed by atoms with Crippen LogP contribution in [0.1, 0.15) is 0 Å². The predicted molar refractivity (Wildman–Crippen MR) is 132 cm³/mol. The SMILES string of the molecule is [Ir].[c-]1cc2scnc2cc1-c1nccn1-c1c(-c2ccccc2)cccc1-c1ccccc1. The largest absolute Gasteiger partial charge is 0.339 e. The molecule has 0 saturated carbocycles. The smallest absolute Gasteiger partial charge is 0.0692 e. The molecule has 0 aliphatic heterocycles. The number of aromatic nitrogens is 3. The van der Waals surface area contributed by atoms with E-state index in [0.29, 0.717) is 0 Å². The molecule has 3 nitrogen and oxygen atoms in total. The molecule has 5 heteroatoms. The van der Waals surface area contributed by atoms with Crippen molar-refractivity contribution in [2.24, 2.45) is 0 Å². The Balaban J connectivity index is 0.00000228. The molecule has 0 saturated heterocycles. The molecule has 4 aromatic carbocycles. The number of thiazole rings is 1. The third-order valence-corrected chi connectivity index (χ3v) is 6.38. The van der Waals surface area contributed by atoms with Crippen molar-refractivity contribution in [3.8, 4) is 39.3 Å². The number of nitrogens with zero attached hydrogens (tertiary/aromatic N) is 3. The maximum absolute atomic E-state index is 4.73. The standard InChI is InChI=1S/C28H18N3S.Ir/c1-3-8-20(9-4-1)23-12-7-13-24(21-10-5-2-6-11-21)27(23)31-17-16-29-28(31)22-14-15-26-25(18-22)30-19-32-26;/h1-13,15-19H;/q-1;. The van der Waals surface area contributed by atoms with E-state index in [0.717, 1.165) is 38.4 Å². The van der Waals surface area contributed by atoms with Gasteiger partial charge in [-0.15, -0.1) is 23.8 Å². The molecule has 0 atom stereocenters. The van der Waals surface area contributed by atoms with E-state index < -0.39 is 0 Å². The monoisotopic (exact) mass is 621 g/mol. The molecule has 1 radical (unpaired) electrons. The number of fused-ring (bicyclic) bond motifs is 1. The van der Waals surface area contributed by atoms with Crippen molar-refractivity contribution in [3.05, 3.63) is 115 Å². The second-order valence-corrected chi connectivity index (χ2v) is 8.39. The van der Waals surface area contributed by atoms with Crippen LogP contribution in [0.15, 0.2) is 109 Å². The van der Waals surface area contributed by atoms with Crippen molar-refractivity contribution in [3.63, 3.8) is 0 Å². The number of imidazole rings is 1. The number of hydrogen-bond donors (Lipinski definition) is 0. The van der Waals surface area contributed by atoms with Crippen LogP contribution in [-0.4, -0.2) is 14.5 Å². The summed E-state index contributed by atoms with van der Waals surface area (Å²) in [4.78, 5) is 9.21. The van der Waals surface area contributed by atoms with E-state index in [9.17, 15) is 0 Å². The molecule has 161 valence electrons. The van der Waals surface area contributed by atoms with Gasteiger partial charge in [0, 0.05) is 43.6 Å². The summed E-state index contributed by atoms with van der Waals surface area (Å²) in [5.74, 6) is 0.848. The molecule has 0 spiro atoms. The van der Waals surface area contributed by atoms with E-state index in [1.165, 1.54) is 11.1 Å². The van der Waals surface area contributed by atoms with Gasteiger partial charge in [0.25, 0.3) is 0 Å². The van der Waals surface area contributed by atoms with E-state index in [-0.39, 0.29) is 20.1 Å². The average Bonchev–Trinajstić information content (AvgIpc) is 3.54. The zero-order chi connectivity index (χ0) is 21.3. The summed E-state index contributed by atoms with van der Waals surface area (Å²) in [5.41, 5.74) is 9.50. The van der Waals surface area contributed by atoms with E-state index >= 15 is 0 Å². The summed E-state index contributed by atoms with van der Waals surface area (Å²) in [6.07, 6.45) is 3.88. The Kier molecular flexibility index (Phi) is 6.01. The van der Waals surface area contributed by atoms with Gasteiger partial charge in [0.1, 0.15) is 0 Å². The van der Waals surface area contributed by atoms with Crippen LogP contribution in [0.2, 0.25) is 0 Å². The van der Waals surface area contributed by atoms with Gasteiger partial charge in [-0.2, -0.15) is 11.3 Å². The quantitative estimate of drug-likeness (QED) is 0.194. The molecule has 0 unspecified atom stereocenters. The predicted octanol–water partition coefficient (Wildman–Crippen LogP) is 7.28. The summed E-state index contributed by atoms with van der Waals surface area (Å²) in [6.45, 7) is 0. The fourth-order valence-electron chi connectivity index (χ4n) is 4.12. The molecular weight excluding hydrogens is 603 g/mol. The first-order chi connectivity index (χ1) is 15.9. The van der Waals surface area contributed by atoms with Crippen LogP contribution in [-0.2, 0) is 20.1 Å². The van der Waals surface area contributed by atoms with Crippen LogP contribution in [0.4, 0.5) is 0 Å². The summed E-state index contributed by atoms with van der Waals surface area (Å²) >= 11 is 1.62. The summed E-state index contributed by atoms with van der Waals surface area (Å²) < 4.78 is 3.30. The minimum absolute atomic E-state index is 0. The van der Waals surface area contributed by atoms with Gasteiger partial charge < -0.3 is 4.57 Å². The number of para-hydroxylation sites is 1. The second-order valence-electron chi connectivity index (χ2n) is 7.50. The Hall–Kier alpha value is -3.37. The summed E-state index contributed by atoms with van der Waals surface area (Å²) in [5, 5.41) is 0. The van der Waals surface area contributed by atoms with E-state index in [1.807, 2.05) is 36.1 Å². The first-order valence-corrected chi connectivity index (χ1v) is 11.3. The molecule has 2 aromatic heterocycles.